The van der Waals surface area contributed by atoms with Crippen LogP contribution in [0.3, 0.4) is 0 Å². The number of benzene rings is 1. The van der Waals surface area contributed by atoms with Gasteiger partial charge in [-0.3, -0.25) is 4.79 Å². The number of hydrogen-bond donors (Lipinski definition) is 0. The normalized spacial score (nSPS) is 9.81. The van der Waals surface area contributed by atoms with Gasteiger partial charge in [-0.25, -0.2) is 4.98 Å². The summed E-state index contributed by atoms with van der Waals surface area (Å²) < 4.78 is 5.45. The lowest BCUT2D eigenvalue weighted by Crippen LogP contribution is -1.92. The molecule has 16 heavy (non-hydrogen) atoms. The second-order valence-corrected chi connectivity index (χ2v) is 3.51. The minimum atomic E-state index is 0.278. The van der Waals surface area contributed by atoms with Gasteiger partial charge in [0.25, 0.3) is 0 Å². The van der Waals surface area contributed by atoms with Gasteiger partial charge in [0, 0.05) is 11.2 Å². The Balaban J connectivity index is 2.30. The Labute approximate surface area is 97.7 Å². The third-order valence-electron chi connectivity index (χ3n) is 1.94. The first-order valence-electron chi connectivity index (χ1n) is 4.63. The highest BCUT2D eigenvalue weighted by Gasteiger charge is 2.04. The predicted molar refractivity (Wildman–Crippen MR) is 61.2 cm³/mol. The van der Waals surface area contributed by atoms with E-state index in [0.717, 1.165) is 0 Å². The molecule has 0 N–H and O–H groups in total. The maximum atomic E-state index is 10.7. The lowest BCUT2D eigenvalue weighted by atomic mass is 10.3. The van der Waals surface area contributed by atoms with Crippen molar-refractivity contribution in [3.05, 3.63) is 53.2 Å². The van der Waals surface area contributed by atoms with Gasteiger partial charge in [0.1, 0.15) is 5.75 Å². The third kappa shape index (κ3) is 2.38. The number of carbonyl (C=O) groups is 1. The van der Waals surface area contributed by atoms with Crippen molar-refractivity contribution >= 4 is 17.9 Å². The molecular formula is C12H8ClNO2. The molecule has 0 aliphatic rings. The molecule has 0 saturated heterocycles. The van der Waals surface area contributed by atoms with E-state index in [1.807, 2.05) is 0 Å². The van der Waals surface area contributed by atoms with Gasteiger partial charge >= 0.3 is 0 Å². The van der Waals surface area contributed by atoms with Gasteiger partial charge in [-0.1, -0.05) is 17.7 Å². The van der Waals surface area contributed by atoms with Crippen molar-refractivity contribution in [3.63, 3.8) is 0 Å². The summed E-state index contributed by atoms with van der Waals surface area (Å²) in [5, 5.41) is 0.570. The maximum absolute atomic E-state index is 10.7. The fraction of sp³-hybridized carbons (Fsp3) is 0. The van der Waals surface area contributed by atoms with E-state index in [4.69, 9.17) is 16.3 Å². The number of carbonyl (C=O) groups excluding carboxylic acids is 1. The van der Waals surface area contributed by atoms with Gasteiger partial charge in [-0.05, 0) is 30.3 Å². The molecule has 3 nitrogen and oxygen atoms in total. The zero-order valence-electron chi connectivity index (χ0n) is 8.26. The summed E-state index contributed by atoms with van der Waals surface area (Å²) in [4.78, 5) is 14.7. The number of hydrogen-bond acceptors (Lipinski definition) is 3. The third-order valence-corrected chi connectivity index (χ3v) is 2.17. The molecule has 0 fully saturated rings. The SMILES string of the molecule is O=Cc1cccnc1Oc1cccc(Cl)c1. The van der Waals surface area contributed by atoms with Crippen LogP contribution in [0.25, 0.3) is 0 Å². The minimum absolute atomic E-state index is 0.278. The van der Waals surface area contributed by atoms with E-state index in [9.17, 15) is 4.79 Å². The van der Waals surface area contributed by atoms with Crippen molar-refractivity contribution in [2.45, 2.75) is 0 Å². The van der Waals surface area contributed by atoms with E-state index >= 15 is 0 Å². The largest absolute Gasteiger partial charge is 0.438 e. The molecule has 1 aromatic carbocycles. The van der Waals surface area contributed by atoms with Crippen molar-refractivity contribution in [1.82, 2.24) is 4.98 Å². The van der Waals surface area contributed by atoms with Crippen LogP contribution in [-0.4, -0.2) is 11.3 Å². The monoisotopic (exact) mass is 233 g/mol. The molecule has 1 aromatic heterocycles. The number of aldehydes is 1. The molecular weight excluding hydrogens is 226 g/mol. The molecule has 80 valence electrons. The molecule has 0 amide bonds. The first-order chi connectivity index (χ1) is 7.79. The Morgan fingerprint density at radius 3 is 2.88 bits per heavy atom. The summed E-state index contributed by atoms with van der Waals surface area (Å²) in [5.41, 5.74) is 0.405. The number of pyridine rings is 1. The Kier molecular flexibility index (Phi) is 3.17. The molecule has 0 atom stereocenters. The van der Waals surface area contributed by atoms with E-state index in [2.05, 4.69) is 4.98 Å². The Hall–Kier alpha value is -1.87. The molecule has 0 aliphatic heterocycles. The predicted octanol–water partition coefficient (Wildman–Crippen LogP) is 3.34. The molecule has 0 aliphatic carbocycles. The van der Waals surface area contributed by atoms with Crippen molar-refractivity contribution in [3.8, 4) is 11.6 Å². The van der Waals surface area contributed by atoms with Gasteiger partial charge in [0.2, 0.25) is 5.88 Å². The molecule has 2 rings (SSSR count). The first kappa shape index (κ1) is 10.6. The van der Waals surface area contributed by atoms with Crippen LogP contribution in [0.2, 0.25) is 5.02 Å². The number of ether oxygens (including phenoxy) is 1. The Morgan fingerprint density at radius 2 is 2.12 bits per heavy atom. The van der Waals surface area contributed by atoms with Crippen LogP contribution >= 0.6 is 11.6 Å². The smallest absolute Gasteiger partial charge is 0.229 e. The Morgan fingerprint density at radius 1 is 1.25 bits per heavy atom. The highest BCUT2D eigenvalue weighted by atomic mass is 35.5. The second kappa shape index (κ2) is 4.77. The molecule has 0 bridgehead atoms. The fourth-order valence-corrected chi connectivity index (χ4v) is 1.40. The lowest BCUT2D eigenvalue weighted by molar-refractivity contribution is 0.112. The average molecular weight is 234 g/mol. The number of rotatable bonds is 3. The van der Waals surface area contributed by atoms with Crippen molar-refractivity contribution < 1.29 is 9.53 Å². The Bertz CT molecular complexity index is 514. The van der Waals surface area contributed by atoms with Gasteiger partial charge in [0.05, 0.1) is 5.56 Å². The van der Waals surface area contributed by atoms with Crippen LogP contribution in [0, 0.1) is 0 Å². The molecule has 1 heterocycles. The lowest BCUT2D eigenvalue weighted by Gasteiger charge is -2.06. The van der Waals surface area contributed by atoms with Crippen LogP contribution in [0.4, 0.5) is 0 Å². The van der Waals surface area contributed by atoms with E-state index < -0.39 is 0 Å². The van der Waals surface area contributed by atoms with Gasteiger partial charge < -0.3 is 4.74 Å². The first-order valence-corrected chi connectivity index (χ1v) is 5.01. The van der Waals surface area contributed by atoms with Gasteiger partial charge in [-0.15, -0.1) is 0 Å². The average Bonchev–Trinajstić information content (AvgIpc) is 2.30. The second-order valence-electron chi connectivity index (χ2n) is 3.08. The highest BCUT2D eigenvalue weighted by molar-refractivity contribution is 6.30. The fourth-order valence-electron chi connectivity index (χ4n) is 1.22. The molecule has 0 saturated carbocycles. The summed E-state index contributed by atoms with van der Waals surface area (Å²) >= 11 is 5.81. The van der Waals surface area contributed by atoms with E-state index in [-0.39, 0.29) is 5.88 Å². The van der Waals surface area contributed by atoms with E-state index in [1.165, 1.54) is 0 Å². The number of halogens is 1. The molecule has 2 aromatic rings. The maximum Gasteiger partial charge on any atom is 0.229 e. The minimum Gasteiger partial charge on any atom is -0.438 e. The highest BCUT2D eigenvalue weighted by Crippen LogP contribution is 2.24. The summed E-state index contributed by atoms with van der Waals surface area (Å²) in [5.74, 6) is 0.828. The van der Waals surface area contributed by atoms with Crippen molar-refractivity contribution in [2.75, 3.05) is 0 Å². The van der Waals surface area contributed by atoms with Crippen LogP contribution in [-0.2, 0) is 0 Å². The molecule has 4 heteroatoms. The quantitative estimate of drug-likeness (QED) is 0.764. The van der Waals surface area contributed by atoms with Crippen LogP contribution < -0.4 is 4.74 Å². The molecule has 0 unspecified atom stereocenters. The zero-order chi connectivity index (χ0) is 11.4. The van der Waals surface area contributed by atoms with Crippen molar-refractivity contribution in [2.24, 2.45) is 0 Å². The number of nitrogens with zero attached hydrogens (tertiary/aromatic N) is 1. The standard InChI is InChI=1S/C12H8ClNO2/c13-10-4-1-5-11(7-10)16-12-9(8-15)3-2-6-14-12/h1-8H. The number of aromatic nitrogens is 1. The zero-order valence-corrected chi connectivity index (χ0v) is 9.02. The van der Waals surface area contributed by atoms with Crippen molar-refractivity contribution in [1.29, 1.82) is 0 Å². The van der Waals surface area contributed by atoms with Gasteiger partial charge in [0.15, 0.2) is 6.29 Å². The van der Waals surface area contributed by atoms with E-state index in [1.54, 1.807) is 42.6 Å². The van der Waals surface area contributed by atoms with Crippen LogP contribution in [0.5, 0.6) is 11.6 Å². The summed E-state index contributed by atoms with van der Waals surface area (Å²) in [6, 6.07) is 10.2. The summed E-state index contributed by atoms with van der Waals surface area (Å²) in [7, 11) is 0. The van der Waals surface area contributed by atoms with Gasteiger partial charge in [-0.2, -0.15) is 0 Å². The van der Waals surface area contributed by atoms with Crippen LogP contribution in [0.1, 0.15) is 10.4 Å². The topological polar surface area (TPSA) is 39.2 Å². The van der Waals surface area contributed by atoms with Crippen LogP contribution in [0.15, 0.2) is 42.6 Å². The summed E-state index contributed by atoms with van der Waals surface area (Å²) in [6.07, 6.45) is 2.26. The summed E-state index contributed by atoms with van der Waals surface area (Å²) in [6.45, 7) is 0. The van der Waals surface area contributed by atoms with E-state index in [0.29, 0.717) is 22.6 Å². The molecule has 0 spiro atoms. The molecule has 0 radical (unpaired) electrons.